The van der Waals surface area contributed by atoms with E-state index in [9.17, 15) is 14.7 Å². The van der Waals surface area contributed by atoms with E-state index in [4.69, 9.17) is 0 Å². The van der Waals surface area contributed by atoms with Crippen LogP contribution in [0.3, 0.4) is 0 Å². The topological polar surface area (TPSA) is 75.4 Å². The van der Waals surface area contributed by atoms with Gasteiger partial charge in [-0.1, -0.05) is 43.2 Å². The van der Waals surface area contributed by atoms with Gasteiger partial charge in [0.1, 0.15) is 5.01 Å². The SMILES string of the molecule is Cc1csc(CN(C)C(=O)c2cc(C(=O)C[C@@H](Cc3ccccc3)[C@H](O)C3CCCC3)cc(-n3cccc3)c2)n1. The van der Waals surface area contributed by atoms with Gasteiger partial charge in [0.15, 0.2) is 5.78 Å². The second-order valence-electron chi connectivity index (χ2n) is 11.0. The number of ketones is 1. The Labute approximate surface area is 240 Å². The number of aryl methyl sites for hydroxylation is 1. The fourth-order valence-corrected chi connectivity index (χ4v) is 6.62. The summed E-state index contributed by atoms with van der Waals surface area (Å²) in [5.41, 5.74) is 3.76. The zero-order valence-corrected chi connectivity index (χ0v) is 24.0. The van der Waals surface area contributed by atoms with Gasteiger partial charge < -0.3 is 14.6 Å². The van der Waals surface area contributed by atoms with Crippen molar-refractivity contribution in [2.24, 2.45) is 11.8 Å². The average Bonchev–Trinajstić information content (AvgIpc) is 3.76. The van der Waals surface area contributed by atoms with Crippen LogP contribution in [-0.4, -0.2) is 44.4 Å². The lowest BCUT2D eigenvalue weighted by molar-refractivity contribution is 0.0456. The van der Waals surface area contributed by atoms with Crippen LogP contribution in [0.25, 0.3) is 5.69 Å². The highest BCUT2D eigenvalue weighted by molar-refractivity contribution is 7.09. The molecule has 0 bridgehead atoms. The lowest BCUT2D eigenvalue weighted by atomic mass is 9.81. The molecule has 1 saturated carbocycles. The van der Waals surface area contributed by atoms with Gasteiger partial charge >= 0.3 is 0 Å². The number of carbonyl (C=O) groups is 2. The molecule has 1 fully saturated rings. The van der Waals surface area contributed by atoms with Gasteiger partial charge in [-0.2, -0.15) is 0 Å². The summed E-state index contributed by atoms with van der Waals surface area (Å²) in [6, 6.07) is 19.3. The van der Waals surface area contributed by atoms with Crippen molar-refractivity contribution in [1.82, 2.24) is 14.5 Å². The number of thiazole rings is 1. The van der Waals surface area contributed by atoms with Crippen LogP contribution < -0.4 is 0 Å². The highest BCUT2D eigenvalue weighted by Crippen LogP contribution is 2.34. The van der Waals surface area contributed by atoms with Crippen LogP contribution >= 0.6 is 11.3 Å². The Morgan fingerprint density at radius 2 is 1.75 bits per heavy atom. The molecule has 7 heteroatoms. The molecule has 2 aromatic heterocycles. The van der Waals surface area contributed by atoms with Crippen molar-refractivity contribution < 1.29 is 14.7 Å². The second kappa shape index (κ2) is 12.7. The molecule has 1 aliphatic carbocycles. The zero-order chi connectivity index (χ0) is 28.1. The summed E-state index contributed by atoms with van der Waals surface area (Å²) in [6.07, 6.45) is 8.42. The van der Waals surface area contributed by atoms with Gasteiger partial charge in [-0.3, -0.25) is 9.59 Å². The predicted octanol–water partition coefficient (Wildman–Crippen LogP) is 6.50. The van der Waals surface area contributed by atoms with Crippen LogP contribution in [0.5, 0.6) is 0 Å². The number of amides is 1. The van der Waals surface area contributed by atoms with E-state index < -0.39 is 6.10 Å². The van der Waals surface area contributed by atoms with Crippen molar-refractivity contribution in [3.05, 3.63) is 106 Å². The highest BCUT2D eigenvalue weighted by Gasteiger charge is 2.32. The number of benzene rings is 2. The minimum atomic E-state index is -0.534. The third-order valence-electron chi connectivity index (χ3n) is 7.93. The van der Waals surface area contributed by atoms with Gasteiger partial charge in [0.25, 0.3) is 5.91 Å². The van der Waals surface area contributed by atoms with E-state index in [0.717, 1.165) is 47.6 Å². The highest BCUT2D eigenvalue weighted by atomic mass is 32.1. The molecule has 40 heavy (non-hydrogen) atoms. The molecule has 0 aliphatic heterocycles. The van der Waals surface area contributed by atoms with Gasteiger partial charge in [-0.25, -0.2) is 4.98 Å². The van der Waals surface area contributed by atoms with E-state index in [-0.39, 0.29) is 29.9 Å². The monoisotopic (exact) mass is 555 g/mol. The van der Waals surface area contributed by atoms with E-state index in [1.165, 1.54) is 11.3 Å². The van der Waals surface area contributed by atoms with Crippen molar-refractivity contribution in [2.45, 2.75) is 58.1 Å². The fraction of sp³-hybridized carbons (Fsp3) is 0.364. The summed E-state index contributed by atoms with van der Waals surface area (Å²) >= 11 is 1.53. The predicted molar refractivity (Wildman–Crippen MR) is 159 cm³/mol. The number of Topliss-reactive ketones (excluding diaryl/α,β-unsaturated/α-hetero) is 1. The largest absolute Gasteiger partial charge is 0.393 e. The van der Waals surface area contributed by atoms with E-state index in [1.54, 1.807) is 18.0 Å². The van der Waals surface area contributed by atoms with Gasteiger partial charge in [0.05, 0.1) is 12.6 Å². The Morgan fingerprint density at radius 3 is 2.42 bits per heavy atom. The molecule has 1 N–H and O–H groups in total. The Morgan fingerprint density at radius 1 is 1.05 bits per heavy atom. The van der Waals surface area contributed by atoms with E-state index in [2.05, 4.69) is 17.1 Å². The average molecular weight is 556 g/mol. The number of carbonyl (C=O) groups excluding carboxylic acids is 2. The summed E-state index contributed by atoms with van der Waals surface area (Å²) in [6.45, 7) is 2.34. The van der Waals surface area contributed by atoms with Crippen LogP contribution in [0.4, 0.5) is 0 Å². The fourth-order valence-electron chi connectivity index (χ4n) is 5.79. The summed E-state index contributed by atoms with van der Waals surface area (Å²) in [4.78, 5) is 33.5. The minimum Gasteiger partial charge on any atom is -0.393 e. The maximum atomic E-state index is 13.9. The van der Waals surface area contributed by atoms with Crippen LogP contribution in [0, 0.1) is 18.8 Å². The lowest BCUT2D eigenvalue weighted by Gasteiger charge is -2.27. The quantitative estimate of drug-likeness (QED) is 0.215. The molecule has 0 unspecified atom stereocenters. The number of hydrogen-bond acceptors (Lipinski definition) is 5. The molecule has 4 aromatic rings. The Hall–Kier alpha value is -3.55. The first-order valence-corrected chi connectivity index (χ1v) is 15.0. The van der Waals surface area contributed by atoms with Crippen LogP contribution in [0.2, 0.25) is 0 Å². The molecule has 6 nitrogen and oxygen atoms in total. The maximum absolute atomic E-state index is 13.9. The lowest BCUT2D eigenvalue weighted by Crippen LogP contribution is -2.31. The molecule has 1 amide bonds. The molecule has 2 heterocycles. The normalized spacial score (nSPS) is 15.2. The van der Waals surface area contributed by atoms with Crippen LogP contribution in [0.15, 0.2) is 78.4 Å². The van der Waals surface area contributed by atoms with E-state index in [0.29, 0.717) is 24.1 Å². The number of rotatable bonds is 11. The van der Waals surface area contributed by atoms with Crippen molar-refractivity contribution in [3.63, 3.8) is 0 Å². The molecular formula is C33H37N3O3S. The molecular weight excluding hydrogens is 518 g/mol. The standard InChI is InChI=1S/C33H37N3O3S/c1-23-22-40-31(34-23)21-35(2)33(39)28-17-26(18-29(19-28)36-14-8-9-15-36)30(37)20-27(16-24-10-4-3-5-11-24)32(38)25-12-6-7-13-25/h3-5,8-11,14-15,17-19,22,25,27,32,38H,6-7,12-13,16,20-21H2,1-2H3/t27-,32-/m1/s1. The molecule has 0 spiro atoms. The zero-order valence-electron chi connectivity index (χ0n) is 23.2. The first-order chi connectivity index (χ1) is 19.4. The third kappa shape index (κ3) is 6.77. The molecule has 1 aliphatic rings. The summed E-state index contributed by atoms with van der Waals surface area (Å²) in [7, 11) is 1.76. The van der Waals surface area contributed by atoms with Gasteiger partial charge in [-0.05, 0) is 73.9 Å². The molecule has 5 rings (SSSR count). The summed E-state index contributed by atoms with van der Waals surface area (Å²) in [5, 5.41) is 14.3. The molecule has 208 valence electrons. The van der Waals surface area contributed by atoms with Gasteiger partial charge in [-0.15, -0.1) is 11.3 Å². The molecule has 2 aromatic carbocycles. The molecule has 2 atom stereocenters. The van der Waals surface area contributed by atoms with Gasteiger partial charge in [0.2, 0.25) is 0 Å². The van der Waals surface area contributed by atoms with Crippen LogP contribution in [-0.2, 0) is 13.0 Å². The van der Waals surface area contributed by atoms with E-state index in [1.807, 2.05) is 71.7 Å². The second-order valence-corrected chi connectivity index (χ2v) is 12.0. The number of aromatic nitrogens is 2. The van der Waals surface area contributed by atoms with Crippen molar-refractivity contribution in [1.29, 1.82) is 0 Å². The van der Waals surface area contributed by atoms with Crippen LogP contribution in [0.1, 0.15) is 69.1 Å². The number of aliphatic hydroxyl groups excluding tert-OH is 1. The molecule has 0 saturated heterocycles. The number of nitrogens with zero attached hydrogens (tertiary/aromatic N) is 3. The van der Waals surface area contributed by atoms with E-state index >= 15 is 0 Å². The van der Waals surface area contributed by atoms with Crippen molar-refractivity contribution >= 4 is 23.0 Å². The Bertz CT molecular complexity index is 1420. The van der Waals surface area contributed by atoms with Gasteiger partial charge in [0, 0.05) is 53.8 Å². The number of aliphatic hydroxyl groups is 1. The Balaban J connectivity index is 1.42. The third-order valence-corrected chi connectivity index (χ3v) is 8.88. The first-order valence-electron chi connectivity index (χ1n) is 14.1. The number of hydrogen-bond donors (Lipinski definition) is 1. The van der Waals surface area contributed by atoms with Crippen molar-refractivity contribution in [2.75, 3.05) is 7.05 Å². The minimum absolute atomic E-state index is 0.0563. The van der Waals surface area contributed by atoms with Crippen molar-refractivity contribution in [3.8, 4) is 5.69 Å². The molecule has 0 radical (unpaired) electrons. The smallest absolute Gasteiger partial charge is 0.254 e. The first kappa shape index (κ1) is 28.0. The Kier molecular flexibility index (Phi) is 8.92. The summed E-state index contributed by atoms with van der Waals surface area (Å²) in [5.74, 6) is -0.182. The maximum Gasteiger partial charge on any atom is 0.254 e. The summed E-state index contributed by atoms with van der Waals surface area (Å²) < 4.78 is 1.91.